The fraction of sp³-hybridized carbons (Fsp3) is 0.417. The van der Waals surface area contributed by atoms with E-state index in [1.54, 1.807) is 0 Å². The number of carboxylic acids is 1. The van der Waals surface area contributed by atoms with Gasteiger partial charge in [-0.2, -0.15) is 4.31 Å². The first kappa shape index (κ1) is 15.2. The third-order valence-electron chi connectivity index (χ3n) is 3.32. The number of aliphatic carboxylic acids is 1. The van der Waals surface area contributed by atoms with Gasteiger partial charge in [0.2, 0.25) is 10.0 Å². The van der Waals surface area contributed by atoms with Gasteiger partial charge < -0.3 is 5.11 Å². The monoisotopic (exact) mass is 321 g/mol. The first-order valence-electron chi connectivity index (χ1n) is 6.01. The molecular weight excluding hydrogens is 309 g/mol. The first-order chi connectivity index (χ1) is 9.34. The molecule has 1 aromatic rings. The van der Waals surface area contributed by atoms with Gasteiger partial charge in [0.05, 0.1) is 10.9 Å². The lowest BCUT2D eigenvalue weighted by Crippen LogP contribution is -2.40. The van der Waals surface area contributed by atoms with E-state index >= 15 is 0 Å². The van der Waals surface area contributed by atoms with Crippen LogP contribution >= 0.6 is 11.6 Å². The molecular formula is C12H13ClFNO4S. The summed E-state index contributed by atoms with van der Waals surface area (Å²) >= 11 is 5.77. The second-order valence-corrected chi connectivity index (χ2v) is 6.85. The Morgan fingerprint density at radius 3 is 2.45 bits per heavy atom. The highest BCUT2D eigenvalue weighted by atomic mass is 35.5. The number of hydrogen-bond donors (Lipinski definition) is 1. The van der Waals surface area contributed by atoms with Crippen LogP contribution in [0.15, 0.2) is 23.1 Å². The smallest absolute Gasteiger partial charge is 0.306 e. The average molecular weight is 322 g/mol. The fourth-order valence-corrected chi connectivity index (χ4v) is 4.24. The van der Waals surface area contributed by atoms with Gasteiger partial charge in [-0.15, -0.1) is 0 Å². The highest BCUT2D eigenvalue weighted by Gasteiger charge is 2.34. The van der Waals surface area contributed by atoms with E-state index in [9.17, 15) is 17.6 Å². The van der Waals surface area contributed by atoms with E-state index in [0.717, 1.165) is 10.4 Å². The van der Waals surface area contributed by atoms with Gasteiger partial charge in [0.1, 0.15) is 10.7 Å². The lowest BCUT2D eigenvalue weighted by molar-refractivity contribution is -0.142. The number of piperidine rings is 1. The van der Waals surface area contributed by atoms with Crippen LogP contribution in [0.2, 0.25) is 5.02 Å². The Bertz CT molecular complexity index is 606. The molecule has 1 heterocycles. The van der Waals surface area contributed by atoms with Crippen LogP contribution in [0.1, 0.15) is 12.8 Å². The zero-order valence-corrected chi connectivity index (χ0v) is 12.0. The van der Waals surface area contributed by atoms with Gasteiger partial charge in [0.25, 0.3) is 0 Å². The molecule has 1 saturated heterocycles. The molecule has 0 amide bonds. The summed E-state index contributed by atoms with van der Waals surface area (Å²) in [6.45, 7) is 0.0912. The topological polar surface area (TPSA) is 74.7 Å². The van der Waals surface area contributed by atoms with E-state index in [0.29, 0.717) is 0 Å². The highest BCUT2D eigenvalue weighted by molar-refractivity contribution is 7.89. The molecule has 0 spiro atoms. The van der Waals surface area contributed by atoms with Crippen LogP contribution in [-0.2, 0) is 14.8 Å². The maximum absolute atomic E-state index is 13.7. The third kappa shape index (κ3) is 2.79. The van der Waals surface area contributed by atoms with Crippen molar-refractivity contribution >= 4 is 27.6 Å². The maximum Gasteiger partial charge on any atom is 0.306 e. The van der Waals surface area contributed by atoms with Crippen LogP contribution in [0.5, 0.6) is 0 Å². The van der Waals surface area contributed by atoms with Crippen molar-refractivity contribution in [1.82, 2.24) is 4.31 Å². The van der Waals surface area contributed by atoms with Gasteiger partial charge in [0, 0.05) is 13.1 Å². The predicted molar refractivity (Wildman–Crippen MR) is 70.5 cm³/mol. The molecule has 0 aromatic heterocycles. The van der Waals surface area contributed by atoms with Gasteiger partial charge >= 0.3 is 5.97 Å². The molecule has 1 aliphatic rings. The van der Waals surface area contributed by atoms with Crippen LogP contribution in [0.3, 0.4) is 0 Å². The molecule has 1 fully saturated rings. The van der Waals surface area contributed by atoms with Gasteiger partial charge in [-0.25, -0.2) is 12.8 Å². The van der Waals surface area contributed by atoms with Crippen LogP contribution in [0.4, 0.5) is 4.39 Å². The number of hydrogen-bond acceptors (Lipinski definition) is 3. The summed E-state index contributed by atoms with van der Waals surface area (Å²) in [4.78, 5) is 10.3. The summed E-state index contributed by atoms with van der Waals surface area (Å²) in [6, 6.07) is 3.66. The average Bonchev–Trinajstić information content (AvgIpc) is 2.38. The molecule has 1 aliphatic heterocycles. The van der Waals surface area contributed by atoms with E-state index in [-0.39, 0.29) is 31.0 Å². The van der Waals surface area contributed by atoms with Gasteiger partial charge in [-0.1, -0.05) is 17.7 Å². The molecule has 0 unspecified atom stereocenters. The van der Waals surface area contributed by atoms with Gasteiger partial charge in [-0.3, -0.25) is 4.79 Å². The van der Waals surface area contributed by atoms with E-state index in [2.05, 4.69) is 0 Å². The minimum atomic E-state index is -4.04. The Morgan fingerprint density at radius 2 is 1.95 bits per heavy atom. The Balaban J connectivity index is 2.27. The number of rotatable bonds is 3. The molecule has 8 heteroatoms. The number of benzene rings is 1. The van der Waals surface area contributed by atoms with E-state index in [1.165, 1.54) is 12.1 Å². The van der Waals surface area contributed by atoms with Crippen molar-refractivity contribution in [3.05, 3.63) is 29.0 Å². The molecule has 0 atom stereocenters. The van der Waals surface area contributed by atoms with Crippen LogP contribution < -0.4 is 0 Å². The summed E-state index contributed by atoms with van der Waals surface area (Å²) in [6.07, 6.45) is 0.418. The van der Waals surface area contributed by atoms with E-state index < -0.39 is 32.6 Å². The normalized spacial score (nSPS) is 18.1. The standard InChI is InChI=1S/C12H13ClFNO4S/c13-9-2-1-3-10(14)11(9)20(18,19)15-6-4-8(5-7-15)12(16)17/h1-3,8H,4-7H2,(H,16,17). The summed E-state index contributed by atoms with van der Waals surface area (Å²) in [5, 5.41) is 8.71. The first-order valence-corrected chi connectivity index (χ1v) is 7.83. The molecule has 2 rings (SSSR count). The summed E-state index contributed by atoms with van der Waals surface area (Å²) in [5.41, 5.74) is 0. The van der Waals surface area contributed by atoms with E-state index in [1.807, 2.05) is 0 Å². The van der Waals surface area contributed by atoms with Crippen molar-refractivity contribution in [3.63, 3.8) is 0 Å². The van der Waals surface area contributed by atoms with Crippen molar-refractivity contribution in [1.29, 1.82) is 0 Å². The molecule has 110 valence electrons. The van der Waals surface area contributed by atoms with Crippen molar-refractivity contribution in [3.8, 4) is 0 Å². The Kier molecular flexibility index (Phi) is 4.31. The van der Waals surface area contributed by atoms with Gasteiger partial charge in [0.15, 0.2) is 0 Å². The van der Waals surface area contributed by atoms with E-state index in [4.69, 9.17) is 16.7 Å². The molecule has 20 heavy (non-hydrogen) atoms. The number of carbonyl (C=O) groups is 1. The van der Waals surface area contributed by atoms with Crippen LogP contribution in [-0.4, -0.2) is 36.9 Å². The molecule has 0 bridgehead atoms. The zero-order chi connectivity index (χ0) is 14.9. The molecule has 0 radical (unpaired) electrons. The molecule has 0 aliphatic carbocycles. The highest BCUT2D eigenvalue weighted by Crippen LogP contribution is 2.30. The molecule has 1 N–H and O–H groups in total. The van der Waals surface area contributed by atoms with Crippen molar-refractivity contribution < 1.29 is 22.7 Å². The zero-order valence-electron chi connectivity index (χ0n) is 10.4. The Morgan fingerprint density at radius 1 is 1.35 bits per heavy atom. The Labute approximate surface area is 121 Å². The van der Waals surface area contributed by atoms with Crippen molar-refractivity contribution in [2.75, 3.05) is 13.1 Å². The predicted octanol–water partition coefficient (Wildman–Crippen LogP) is 1.96. The van der Waals surface area contributed by atoms with Crippen molar-refractivity contribution in [2.24, 2.45) is 5.92 Å². The third-order valence-corrected chi connectivity index (χ3v) is 5.72. The van der Waals surface area contributed by atoms with Gasteiger partial charge in [-0.05, 0) is 25.0 Å². The summed E-state index contributed by atoms with van der Waals surface area (Å²) < 4.78 is 39.5. The lowest BCUT2D eigenvalue weighted by atomic mass is 9.99. The minimum Gasteiger partial charge on any atom is -0.481 e. The fourth-order valence-electron chi connectivity index (χ4n) is 2.20. The number of nitrogens with zero attached hydrogens (tertiary/aromatic N) is 1. The lowest BCUT2D eigenvalue weighted by Gasteiger charge is -2.29. The summed E-state index contributed by atoms with van der Waals surface area (Å²) in [5.74, 6) is -2.40. The maximum atomic E-state index is 13.7. The molecule has 5 nitrogen and oxygen atoms in total. The second kappa shape index (κ2) is 5.67. The molecule has 1 aromatic carbocycles. The number of sulfonamides is 1. The molecule has 0 saturated carbocycles. The Hall–Kier alpha value is -1.18. The largest absolute Gasteiger partial charge is 0.481 e. The number of carboxylic acid groups (broad SMARTS) is 1. The van der Waals surface area contributed by atoms with Crippen LogP contribution in [0, 0.1) is 11.7 Å². The number of halogens is 2. The minimum absolute atomic E-state index is 0.0456. The van der Waals surface area contributed by atoms with Crippen LogP contribution in [0.25, 0.3) is 0 Å². The quantitative estimate of drug-likeness (QED) is 0.923. The summed E-state index contributed by atoms with van der Waals surface area (Å²) in [7, 11) is -4.04. The van der Waals surface area contributed by atoms with Crippen molar-refractivity contribution in [2.45, 2.75) is 17.7 Å². The SMILES string of the molecule is O=C(O)C1CCN(S(=O)(=O)c2c(F)cccc2Cl)CC1. The second-order valence-electron chi connectivity index (χ2n) is 4.57.